The highest BCUT2D eigenvalue weighted by molar-refractivity contribution is 5.93. The van der Waals surface area contributed by atoms with Crippen LogP contribution in [0, 0.1) is 34.0 Å². The standard InChI is InChI=1S/C21H32O3/c1-14(2)15-12-21(23-10-11-24-21)16-17(22)20-7-5-4-6-19(20,13-20)9-8-18(15,16)3/h14-16H,4-13H2,1-3H3/t15-,16-,18-,19+,20+/m1/s1. The van der Waals surface area contributed by atoms with Crippen molar-refractivity contribution >= 4 is 5.78 Å². The Hall–Kier alpha value is -0.410. The van der Waals surface area contributed by atoms with E-state index in [1.807, 2.05) is 0 Å². The lowest BCUT2D eigenvalue weighted by atomic mass is 9.65. The zero-order valence-corrected chi connectivity index (χ0v) is 15.5. The molecule has 24 heavy (non-hydrogen) atoms. The van der Waals surface area contributed by atoms with Gasteiger partial charge < -0.3 is 9.47 Å². The molecule has 4 saturated carbocycles. The minimum Gasteiger partial charge on any atom is -0.347 e. The van der Waals surface area contributed by atoms with Crippen molar-refractivity contribution in [2.45, 2.75) is 77.9 Å². The van der Waals surface area contributed by atoms with Crippen LogP contribution in [0.1, 0.15) is 72.1 Å². The molecule has 1 spiro atoms. The molecule has 1 saturated heterocycles. The first-order valence-corrected chi connectivity index (χ1v) is 10.2. The van der Waals surface area contributed by atoms with Gasteiger partial charge in [0.1, 0.15) is 5.78 Å². The van der Waals surface area contributed by atoms with E-state index in [2.05, 4.69) is 20.8 Å². The van der Waals surface area contributed by atoms with E-state index in [9.17, 15) is 4.79 Å². The molecule has 5 rings (SSSR count). The van der Waals surface area contributed by atoms with E-state index in [1.165, 1.54) is 32.1 Å². The predicted octanol–water partition coefficient (Wildman–Crippen LogP) is 4.34. The number of Topliss-reactive ketones (excluding diaryl/α,β-unsaturated/α-hetero) is 1. The molecule has 134 valence electrons. The highest BCUT2D eigenvalue weighted by Gasteiger charge is 2.79. The van der Waals surface area contributed by atoms with Crippen molar-refractivity contribution in [2.24, 2.45) is 34.0 Å². The van der Waals surface area contributed by atoms with Gasteiger partial charge in [0.25, 0.3) is 0 Å². The molecule has 4 aliphatic carbocycles. The predicted molar refractivity (Wildman–Crippen MR) is 91.4 cm³/mol. The van der Waals surface area contributed by atoms with Gasteiger partial charge in [-0.3, -0.25) is 4.79 Å². The van der Waals surface area contributed by atoms with Crippen LogP contribution in [-0.4, -0.2) is 24.8 Å². The first kappa shape index (κ1) is 15.8. The first-order valence-electron chi connectivity index (χ1n) is 10.2. The van der Waals surface area contributed by atoms with Crippen LogP contribution < -0.4 is 0 Å². The molecule has 0 aromatic rings. The molecular formula is C21H32O3. The van der Waals surface area contributed by atoms with E-state index in [0.29, 0.717) is 36.2 Å². The Kier molecular flexibility index (Phi) is 3.06. The van der Waals surface area contributed by atoms with E-state index in [1.54, 1.807) is 0 Å². The quantitative estimate of drug-likeness (QED) is 0.716. The zero-order chi connectivity index (χ0) is 16.8. The van der Waals surface area contributed by atoms with Gasteiger partial charge >= 0.3 is 0 Å². The van der Waals surface area contributed by atoms with Gasteiger partial charge in [-0.05, 0) is 54.8 Å². The number of carbonyl (C=O) groups is 1. The molecule has 0 radical (unpaired) electrons. The molecule has 0 aromatic carbocycles. The Labute approximate surface area is 145 Å². The second-order valence-electron chi connectivity index (χ2n) is 10.1. The third kappa shape index (κ3) is 1.65. The van der Waals surface area contributed by atoms with Gasteiger partial charge in [-0.2, -0.15) is 0 Å². The number of carbonyl (C=O) groups excluding carboxylic acids is 1. The molecule has 0 aromatic heterocycles. The van der Waals surface area contributed by atoms with E-state index in [-0.39, 0.29) is 16.7 Å². The van der Waals surface area contributed by atoms with Gasteiger partial charge in [0.2, 0.25) is 0 Å². The molecule has 5 fully saturated rings. The molecule has 3 heteroatoms. The largest absolute Gasteiger partial charge is 0.347 e. The second kappa shape index (κ2) is 4.65. The van der Waals surface area contributed by atoms with Gasteiger partial charge in [-0.1, -0.05) is 33.6 Å². The fourth-order valence-electron chi connectivity index (χ4n) is 7.77. The summed E-state index contributed by atoms with van der Waals surface area (Å²) in [4.78, 5) is 14.0. The fraction of sp³-hybridized carbons (Fsp3) is 0.952. The Bertz CT molecular complexity index is 578. The number of ether oxygens (including phenoxy) is 2. The summed E-state index contributed by atoms with van der Waals surface area (Å²) in [5.41, 5.74) is 0.381. The van der Waals surface area contributed by atoms with Crippen LogP contribution in [0.4, 0.5) is 0 Å². The van der Waals surface area contributed by atoms with Crippen molar-refractivity contribution in [3.05, 3.63) is 0 Å². The Morgan fingerprint density at radius 3 is 2.46 bits per heavy atom. The maximum Gasteiger partial charge on any atom is 0.178 e. The van der Waals surface area contributed by atoms with E-state index < -0.39 is 5.79 Å². The minimum absolute atomic E-state index is 0.0120. The Morgan fingerprint density at radius 2 is 1.75 bits per heavy atom. The monoisotopic (exact) mass is 332 g/mol. The van der Waals surface area contributed by atoms with Gasteiger partial charge in [-0.15, -0.1) is 0 Å². The third-order valence-electron chi connectivity index (χ3n) is 8.95. The first-order chi connectivity index (χ1) is 11.4. The summed E-state index contributed by atoms with van der Waals surface area (Å²) in [5.74, 6) is 0.987. The lowest BCUT2D eigenvalue weighted by molar-refractivity contribution is -0.198. The van der Waals surface area contributed by atoms with E-state index >= 15 is 0 Å². The van der Waals surface area contributed by atoms with Crippen molar-refractivity contribution in [1.82, 2.24) is 0 Å². The molecule has 5 atom stereocenters. The third-order valence-corrected chi connectivity index (χ3v) is 8.95. The highest BCUT2D eigenvalue weighted by atomic mass is 16.7. The topological polar surface area (TPSA) is 35.5 Å². The highest BCUT2D eigenvalue weighted by Crippen LogP contribution is 2.79. The van der Waals surface area contributed by atoms with Crippen molar-refractivity contribution < 1.29 is 14.3 Å². The summed E-state index contributed by atoms with van der Waals surface area (Å²) in [6.45, 7) is 8.34. The summed E-state index contributed by atoms with van der Waals surface area (Å²) in [7, 11) is 0. The van der Waals surface area contributed by atoms with E-state index in [4.69, 9.17) is 9.47 Å². The van der Waals surface area contributed by atoms with Gasteiger partial charge in [0, 0.05) is 11.8 Å². The van der Waals surface area contributed by atoms with Crippen molar-refractivity contribution in [2.75, 3.05) is 13.2 Å². The van der Waals surface area contributed by atoms with Crippen LogP contribution in [0.15, 0.2) is 0 Å². The minimum atomic E-state index is -0.606. The van der Waals surface area contributed by atoms with Crippen molar-refractivity contribution in [3.8, 4) is 0 Å². The summed E-state index contributed by atoms with van der Waals surface area (Å²) in [6, 6.07) is 0. The number of hydrogen-bond donors (Lipinski definition) is 0. The van der Waals surface area contributed by atoms with Crippen LogP contribution in [0.2, 0.25) is 0 Å². The Morgan fingerprint density at radius 1 is 1.04 bits per heavy atom. The fourth-order valence-corrected chi connectivity index (χ4v) is 7.77. The van der Waals surface area contributed by atoms with Gasteiger partial charge in [-0.25, -0.2) is 0 Å². The van der Waals surface area contributed by atoms with Crippen molar-refractivity contribution in [1.29, 1.82) is 0 Å². The molecule has 5 aliphatic rings. The molecule has 0 unspecified atom stereocenters. The average molecular weight is 332 g/mol. The summed E-state index contributed by atoms with van der Waals surface area (Å²) >= 11 is 0. The number of hydrogen-bond acceptors (Lipinski definition) is 3. The second-order valence-corrected chi connectivity index (χ2v) is 10.1. The maximum atomic E-state index is 14.0. The smallest absolute Gasteiger partial charge is 0.178 e. The van der Waals surface area contributed by atoms with Gasteiger partial charge in [0.05, 0.1) is 19.1 Å². The van der Waals surface area contributed by atoms with Crippen molar-refractivity contribution in [3.63, 3.8) is 0 Å². The summed E-state index contributed by atoms with van der Waals surface area (Å²) in [5, 5.41) is 0. The maximum absolute atomic E-state index is 14.0. The number of fused-ring (bicyclic) bond motifs is 2. The number of rotatable bonds is 1. The molecule has 1 aliphatic heterocycles. The molecule has 0 amide bonds. The molecule has 3 nitrogen and oxygen atoms in total. The average Bonchev–Trinajstić information content (AvgIpc) is 2.94. The molecule has 0 N–H and O–H groups in total. The SMILES string of the molecule is CC(C)[C@H]1CC2(OCCO2)[C@@H]2C(=O)[C@@]34CCCC[C@]3(CC[C@]12C)C4. The van der Waals surface area contributed by atoms with Crippen LogP contribution in [0.5, 0.6) is 0 Å². The van der Waals surface area contributed by atoms with Crippen LogP contribution in [0.3, 0.4) is 0 Å². The lowest BCUT2D eigenvalue weighted by Crippen LogP contribution is -2.48. The zero-order valence-electron chi connectivity index (χ0n) is 15.5. The van der Waals surface area contributed by atoms with Crippen LogP contribution >= 0.6 is 0 Å². The Balaban J connectivity index is 1.63. The van der Waals surface area contributed by atoms with Gasteiger partial charge in [0.15, 0.2) is 5.79 Å². The lowest BCUT2D eigenvalue weighted by Gasteiger charge is -2.40. The molecular weight excluding hydrogens is 300 g/mol. The van der Waals surface area contributed by atoms with Crippen LogP contribution in [0.25, 0.3) is 0 Å². The number of ketones is 1. The summed E-state index contributed by atoms with van der Waals surface area (Å²) < 4.78 is 12.5. The van der Waals surface area contributed by atoms with E-state index in [0.717, 1.165) is 19.3 Å². The normalized spacial score (nSPS) is 52.1. The molecule has 1 heterocycles. The summed E-state index contributed by atoms with van der Waals surface area (Å²) in [6.07, 6.45) is 9.48. The molecule has 0 bridgehead atoms. The van der Waals surface area contributed by atoms with Crippen LogP contribution in [-0.2, 0) is 14.3 Å².